The molecule has 0 saturated carbocycles. The monoisotopic (exact) mass is 260 g/mol. The lowest BCUT2D eigenvalue weighted by Crippen LogP contribution is -2.06. The molecule has 0 aliphatic rings. The second-order valence-corrected chi connectivity index (χ2v) is 3.82. The van der Waals surface area contributed by atoms with E-state index in [0.29, 0.717) is 38.9 Å². The van der Waals surface area contributed by atoms with E-state index in [-0.39, 0.29) is 11.9 Å². The fourth-order valence-electron chi connectivity index (χ4n) is 1.00. The van der Waals surface area contributed by atoms with Crippen LogP contribution in [0.2, 0.25) is 0 Å². The van der Waals surface area contributed by atoms with Crippen LogP contribution in [0.1, 0.15) is 66.2 Å². The molecule has 0 rings (SSSR count). The topological polar surface area (TPSA) is 52.6 Å². The predicted molar refractivity (Wildman–Crippen MR) is 72.3 cm³/mol. The lowest BCUT2D eigenvalue weighted by molar-refractivity contribution is -0.145. The number of esters is 2. The highest BCUT2D eigenvalue weighted by Crippen LogP contribution is 2.02. The molecule has 0 saturated heterocycles. The van der Waals surface area contributed by atoms with Gasteiger partial charge in [0.25, 0.3) is 0 Å². The van der Waals surface area contributed by atoms with Crippen LogP contribution in [0.25, 0.3) is 0 Å². The minimum atomic E-state index is -0.198. The zero-order chi connectivity index (χ0) is 14.2. The Morgan fingerprint density at radius 2 is 1.06 bits per heavy atom. The Morgan fingerprint density at radius 3 is 1.28 bits per heavy atom. The summed E-state index contributed by atoms with van der Waals surface area (Å²) in [6, 6.07) is 0. The summed E-state index contributed by atoms with van der Waals surface area (Å²) in [6.07, 6.45) is 4.76. The molecule has 0 aromatic rings. The summed E-state index contributed by atoms with van der Waals surface area (Å²) in [7, 11) is 0. The molecule has 0 amide bonds. The van der Waals surface area contributed by atoms with Crippen molar-refractivity contribution in [2.24, 2.45) is 0 Å². The van der Waals surface area contributed by atoms with Crippen molar-refractivity contribution < 1.29 is 19.1 Å². The van der Waals surface area contributed by atoms with Gasteiger partial charge in [0.05, 0.1) is 13.2 Å². The molecule has 0 aromatic heterocycles. The van der Waals surface area contributed by atoms with Crippen LogP contribution >= 0.6 is 0 Å². The molecule has 4 nitrogen and oxygen atoms in total. The van der Waals surface area contributed by atoms with Crippen LogP contribution in [-0.2, 0) is 19.1 Å². The molecule has 0 radical (unpaired) electrons. The predicted octanol–water partition coefficient (Wildman–Crippen LogP) is 3.48. The van der Waals surface area contributed by atoms with Crippen molar-refractivity contribution in [2.75, 3.05) is 13.2 Å². The van der Waals surface area contributed by atoms with E-state index in [0.717, 1.165) is 0 Å². The van der Waals surface area contributed by atoms with E-state index in [4.69, 9.17) is 9.47 Å². The van der Waals surface area contributed by atoms with Gasteiger partial charge in [-0.1, -0.05) is 26.7 Å². The Hall–Kier alpha value is -1.06. The molecule has 0 atom stereocenters. The first-order chi connectivity index (χ1) is 8.62. The van der Waals surface area contributed by atoms with Gasteiger partial charge in [-0.25, -0.2) is 0 Å². The quantitative estimate of drug-likeness (QED) is 0.495. The van der Waals surface area contributed by atoms with Gasteiger partial charge in [0, 0.05) is 12.8 Å². The first-order valence-electron chi connectivity index (χ1n) is 6.93. The molecule has 0 unspecified atom stereocenters. The maximum atomic E-state index is 10.9. The number of carbonyl (C=O) groups is 2. The maximum Gasteiger partial charge on any atom is 0.305 e. The Labute approximate surface area is 111 Å². The van der Waals surface area contributed by atoms with Crippen molar-refractivity contribution in [1.82, 2.24) is 0 Å². The molecule has 0 aliphatic heterocycles. The van der Waals surface area contributed by atoms with Crippen LogP contribution in [0, 0.1) is 0 Å². The first-order valence-corrected chi connectivity index (χ1v) is 6.93. The van der Waals surface area contributed by atoms with Crippen molar-refractivity contribution in [2.45, 2.75) is 66.2 Å². The molecule has 18 heavy (non-hydrogen) atoms. The van der Waals surface area contributed by atoms with Crippen molar-refractivity contribution in [1.29, 1.82) is 0 Å². The average molecular weight is 260 g/mol. The zero-order valence-electron chi connectivity index (χ0n) is 12.3. The molecule has 0 heterocycles. The smallest absolute Gasteiger partial charge is 0.305 e. The van der Waals surface area contributed by atoms with Gasteiger partial charge in [-0.2, -0.15) is 0 Å². The molecule has 0 bridgehead atoms. The van der Waals surface area contributed by atoms with E-state index in [2.05, 4.69) is 13.8 Å². The minimum Gasteiger partial charge on any atom is -0.466 e. The summed E-state index contributed by atoms with van der Waals surface area (Å²) in [5, 5.41) is 0. The lowest BCUT2D eigenvalue weighted by Gasteiger charge is -2.02. The highest BCUT2D eigenvalue weighted by atomic mass is 16.5. The van der Waals surface area contributed by atoms with Crippen LogP contribution in [-0.4, -0.2) is 25.2 Å². The van der Waals surface area contributed by atoms with E-state index in [1.807, 2.05) is 0 Å². The number of carbonyl (C=O) groups excluding carboxylic acids is 2. The number of rotatable bonds is 8. The fraction of sp³-hybridized carbons (Fsp3) is 0.857. The molecular weight excluding hydrogens is 232 g/mol. The zero-order valence-corrected chi connectivity index (χ0v) is 12.3. The summed E-state index contributed by atoms with van der Waals surface area (Å²) in [6.45, 7) is 8.74. The lowest BCUT2D eigenvalue weighted by atomic mass is 10.2. The van der Waals surface area contributed by atoms with Crippen LogP contribution in [0.15, 0.2) is 0 Å². The third kappa shape index (κ3) is 17.3. The Bertz CT molecular complexity index is 180. The molecular formula is C14H28O4. The van der Waals surface area contributed by atoms with E-state index in [1.54, 1.807) is 13.8 Å². The summed E-state index contributed by atoms with van der Waals surface area (Å²) in [5.74, 6) is -0.396. The third-order valence-electron chi connectivity index (χ3n) is 2.12. The van der Waals surface area contributed by atoms with E-state index >= 15 is 0 Å². The average Bonchev–Trinajstić information content (AvgIpc) is 2.36. The van der Waals surface area contributed by atoms with Gasteiger partial charge >= 0.3 is 11.9 Å². The van der Waals surface area contributed by atoms with Gasteiger partial charge in [0.1, 0.15) is 0 Å². The Morgan fingerprint density at radius 1 is 0.722 bits per heavy atom. The summed E-state index contributed by atoms with van der Waals surface area (Å²) in [4.78, 5) is 21.8. The Kier molecular flexibility index (Phi) is 17.1. The molecule has 0 aromatic carbocycles. The molecule has 0 aliphatic carbocycles. The van der Waals surface area contributed by atoms with E-state index in [9.17, 15) is 9.59 Å². The summed E-state index contributed by atoms with van der Waals surface area (Å²) < 4.78 is 9.48. The van der Waals surface area contributed by atoms with Crippen LogP contribution in [0.3, 0.4) is 0 Å². The number of ether oxygens (including phenoxy) is 2. The van der Waals surface area contributed by atoms with Crippen molar-refractivity contribution in [3.05, 3.63) is 0 Å². The normalized spacial score (nSPS) is 9.11. The van der Waals surface area contributed by atoms with Gasteiger partial charge in [-0.05, 0) is 26.7 Å². The third-order valence-corrected chi connectivity index (χ3v) is 2.12. The number of hydrogen-bond donors (Lipinski definition) is 0. The Balaban J connectivity index is 0. The molecule has 0 spiro atoms. The fourth-order valence-corrected chi connectivity index (χ4v) is 1.00. The standard InChI is InChI=1S/C10H18O4.C4H10/c1-3-13-9(11)7-5-6-8-10(12)14-4-2;1-3-4-2/h3-8H2,1-2H3;3-4H2,1-2H3. The first kappa shape index (κ1) is 19.3. The van der Waals surface area contributed by atoms with Gasteiger partial charge in [-0.3, -0.25) is 9.59 Å². The summed E-state index contributed by atoms with van der Waals surface area (Å²) in [5.41, 5.74) is 0. The maximum absolute atomic E-state index is 10.9. The highest BCUT2D eigenvalue weighted by molar-refractivity contribution is 5.70. The van der Waals surface area contributed by atoms with Gasteiger partial charge in [0.2, 0.25) is 0 Å². The van der Waals surface area contributed by atoms with Gasteiger partial charge in [0.15, 0.2) is 0 Å². The van der Waals surface area contributed by atoms with Gasteiger partial charge in [-0.15, -0.1) is 0 Å². The van der Waals surface area contributed by atoms with Gasteiger partial charge < -0.3 is 9.47 Å². The number of hydrogen-bond acceptors (Lipinski definition) is 4. The molecule has 4 heteroatoms. The SMILES string of the molecule is CCCC.CCOC(=O)CCCCC(=O)OCC. The van der Waals surface area contributed by atoms with Crippen LogP contribution < -0.4 is 0 Å². The number of unbranched alkanes of at least 4 members (excludes halogenated alkanes) is 2. The van der Waals surface area contributed by atoms with E-state index in [1.165, 1.54) is 12.8 Å². The molecule has 0 fully saturated rings. The second kappa shape index (κ2) is 15.9. The summed E-state index contributed by atoms with van der Waals surface area (Å²) >= 11 is 0. The van der Waals surface area contributed by atoms with Crippen LogP contribution in [0.4, 0.5) is 0 Å². The highest BCUT2D eigenvalue weighted by Gasteiger charge is 2.04. The van der Waals surface area contributed by atoms with Crippen LogP contribution in [0.5, 0.6) is 0 Å². The van der Waals surface area contributed by atoms with Crippen molar-refractivity contribution in [3.8, 4) is 0 Å². The second-order valence-electron chi connectivity index (χ2n) is 3.82. The largest absolute Gasteiger partial charge is 0.466 e. The van der Waals surface area contributed by atoms with Crippen molar-refractivity contribution >= 4 is 11.9 Å². The molecule has 0 N–H and O–H groups in total. The van der Waals surface area contributed by atoms with Crippen molar-refractivity contribution in [3.63, 3.8) is 0 Å². The van der Waals surface area contributed by atoms with E-state index < -0.39 is 0 Å². The minimum absolute atomic E-state index is 0.198. The molecule has 108 valence electrons.